The molecule has 0 aliphatic heterocycles. The molecule has 0 aromatic heterocycles. The summed E-state index contributed by atoms with van der Waals surface area (Å²) in [6.07, 6.45) is 0.903. The second-order valence-electron chi connectivity index (χ2n) is 11.8. The van der Waals surface area contributed by atoms with Crippen molar-refractivity contribution in [3.63, 3.8) is 0 Å². The van der Waals surface area contributed by atoms with Crippen LogP contribution in [0.2, 0.25) is 0 Å². The summed E-state index contributed by atoms with van der Waals surface area (Å²) in [7, 11) is 0. The molecule has 0 aliphatic rings. The summed E-state index contributed by atoms with van der Waals surface area (Å²) < 4.78 is 13.4. The molecule has 0 saturated carbocycles. The summed E-state index contributed by atoms with van der Waals surface area (Å²) >= 11 is 0. The van der Waals surface area contributed by atoms with E-state index in [-0.39, 0.29) is 11.9 Å². The predicted molar refractivity (Wildman–Crippen MR) is 177 cm³/mol. The van der Waals surface area contributed by atoms with Crippen molar-refractivity contribution in [2.24, 2.45) is 5.92 Å². The van der Waals surface area contributed by atoms with Crippen molar-refractivity contribution in [2.45, 2.75) is 59.9 Å². The van der Waals surface area contributed by atoms with Crippen LogP contribution in [0.4, 0.5) is 4.39 Å². The second-order valence-corrected chi connectivity index (χ2v) is 11.8. The first-order valence-electron chi connectivity index (χ1n) is 14.9. The maximum Gasteiger partial charge on any atom is 0.336 e. The van der Waals surface area contributed by atoms with Gasteiger partial charge in [0.25, 0.3) is 0 Å². The van der Waals surface area contributed by atoms with E-state index in [0.29, 0.717) is 17.4 Å². The van der Waals surface area contributed by atoms with Crippen LogP contribution >= 0.6 is 0 Å². The fraction of sp³-hybridized carbons (Fsp3) is 0.256. The van der Waals surface area contributed by atoms with Gasteiger partial charge in [-0.1, -0.05) is 92.7 Å². The molecule has 0 heterocycles. The van der Waals surface area contributed by atoms with Gasteiger partial charge in [0.15, 0.2) is 0 Å². The molecule has 2 unspecified atom stereocenters. The summed E-state index contributed by atoms with van der Waals surface area (Å²) in [6, 6.07) is 28.6. The van der Waals surface area contributed by atoms with Crippen LogP contribution in [0.25, 0.3) is 22.4 Å². The molecule has 0 radical (unpaired) electrons. The van der Waals surface area contributed by atoms with Crippen LogP contribution in [-0.2, 0) is 6.42 Å². The molecule has 4 heteroatoms. The van der Waals surface area contributed by atoms with E-state index < -0.39 is 5.97 Å². The smallest absolute Gasteiger partial charge is 0.336 e. The molecule has 4 rings (SSSR count). The van der Waals surface area contributed by atoms with Gasteiger partial charge in [-0.25, -0.2) is 9.18 Å². The highest BCUT2D eigenvalue weighted by atomic mass is 19.1. The molecule has 0 aliphatic carbocycles. The molecule has 3 atom stereocenters. The van der Waals surface area contributed by atoms with Crippen molar-refractivity contribution >= 4 is 17.2 Å². The van der Waals surface area contributed by atoms with Crippen LogP contribution in [-0.4, -0.2) is 11.1 Å². The van der Waals surface area contributed by atoms with Crippen LogP contribution in [0.15, 0.2) is 103 Å². The molecule has 222 valence electrons. The Balaban J connectivity index is 1.54. The highest BCUT2D eigenvalue weighted by molar-refractivity contribution is 5.96. The second kappa shape index (κ2) is 13.7. The lowest BCUT2D eigenvalue weighted by molar-refractivity contribution is 0.0697. The fourth-order valence-electron chi connectivity index (χ4n) is 5.51. The Morgan fingerprint density at radius 3 is 2.14 bits per heavy atom. The normalized spacial score (nSPS) is 13.1. The third-order valence-electron chi connectivity index (χ3n) is 8.64. The molecule has 0 bridgehead atoms. The third-order valence-corrected chi connectivity index (χ3v) is 8.64. The lowest BCUT2D eigenvalue weighted by Crippen LogP contribution is -2.17. The van der Waals surface area contributed by atoms with Crippen LogP contribution in [0.3, 0.4) is 0 Å². The van der Waals surface area contributed by atoms with Gasteiger partial charge in [-0.2, -0.15) is 0 Å². The van der Waals surface area contributed by atoms with Gasteiger partial charge in [-0.3, -0.25) is 0 Å². The molecular weight excluding hydrogens is 533 g/mol. The van der Waals surface area contributed by atoms with E-state index in [2.05, 4.69) is 83.8 Å². The van der Waals surface area contributed by atoms with Crippen molar-refractivity contribution in [1.82, 2.24) is 5.32 Å². The number of hydrogen-bond donors (Lipinski definition) is 2. The predicted octanol–water partition coefficient (Wildman–Crippen LogP) is 10.3. The molecule has 3 nitrogen and oxygen atoms in total. The molecule has 4 aromatic rings. The minimum absolute atomic E-state index is 0.0104. The maximum atomic E-state index is 13.4. The van der Waals surface area contributed by atoms with Crippen molar-refractivity contribution in [3.05, 3.63) is 142 Å². The Labute approximate surface area is 255 Å². The van der Waals surface area contributed by atoms with Crippen molar-refractivity contribution in [1.29, 1.82) is 0 Å². The number of allylic oxidation sites excluding steroid dienone is 2. The van der Waals surface area contributed by atoms with Gasteiger partial charge in [-0.15, -0.1) is 0 Å². The topological polar surface area (TPSA) is 49.3 Å². The quantitative estimate of drug-likeness (QED) is 0.187. The Morgan fingerprint density at radius 1 is 0.860 bits per heavy atom. The molecule has 0 spiro atoms. The zero-order valence-electron chi connectivity index (χ0n) is 26.0. The molecular formula is C39H42FNO2. The van der Waals surface area contributed by atoms with Crippen molar-refractivity contribution in [2.75, 3.05) is 0 Å². The first kappa shape index (κ1) is 31.5. The number of rotatable bonds is 11. The van der Waals surface area contributed by atoms with Crippen molar-refractivity contribution in [3.8, 4) is 11.1 Å². The number of carbonyl (C=O) groups is 1. The highest BCUT2D eigenvalue weighted by Crippen LogP contribution is 2.35. The summed E-state index contributed by atoms with van der Waals surface area (Å²) in [5.74, 6) is -0.497. The van der Waals surface area contributed by atoms with Crippen LogP contribution in [0.5, 0.6) is 0 Å². The summed E-state index contributed by atoms with van der Waals surface area (Å²) in [4.78, 5) is 11.7. The van der Waals surface area contributed by atoms with E-state index in [1.54, 1.807) is 24.3 Å². The van der Waals surface area contributed by atoms with Crippen molar-refractivity contribution < 1.29 is 14.3 Å². The zero-order valence-corrected chi connectivity index (χ0v) is 26.0. The fourth-order valence-corrected chi connectivity index (χ4v) is 5.51. The SMILES string of the molecule is C=C(N[C@H](C)c1ccc(F)cc1)c1ccc(C(C)C(C)Cc2ccc(-c3ccccc3C(=O)O)cc2)c(C(C)=C(C)C)c1. The molecule has 43 heavy (non-hydrogen) atoms. The van der Waals surface area contributed by atoms with E-state index in [0.717, 1.165) is 34.4 Å². The molecule has 0 fully saturated rings. The van der Waals surface area contributed by atoms with Gasteiger partial charge >= 0.3 is 5.97 Å². The first-order valence-corrected chi connectivity index (χ1v) is 14.9. The highest BCUT2D eigenvalue weighted by Gasteiger charge is 2.21. The van der Waals surface area contributed by atoms with Crippen LogP contribution in [0.1, 0.15) is 91.7 Å². The number of carboxylic acid groups (broad SMARTS) is 1. The number of hydrogen-bond acceptors (Lipinski definition) is 2. The standard InChI is InChI=1S/C39H42FNO2/c1-24(2)26(4)38-23-33(29(7)41-28(6)31-16-19-34(40)20-17-31)18-21-35(38)27(5)25(3)22-30-12-14-32(15-13-30)36-10-8-9-11-37(36)39(42)43/h8-21,23,25,27-28,41H,7,22H2,1-6H3,(H,42,43)/t25?,27?,28-/m1/s1. The average Bonchev–Trinajstić information content (AvgIpc) is 3.00. The van der Waals surface area contributed by atoms with E-state index in [4.69, 9.17) is 0 Å². The number of aromatic carboxylic acids is 1. The van der Waals surface area contributed by atoms with Gasteiger partial charge in [0, 0.05) is 11.7 Å². The monoisotopic (exact) mass is 575 g/mol. The maximum absolute atomic E-state index is 13.4. The number of halogens is 1. The summed E-state index contributed by atoms with van der Waals surface area (Å²) in [5.41, 5.74) is 11.1. The molecule has 4 aromatic carbocycles. The Bertz CT molecular complexity index is 1630. The Hall–Kier alpha value is -4.44. The van der Waals surface area contributed by atoms with E-state index in [1.807, 2.05) is 24.3 Å². The number of benzene rings is 4. The average molecular weight is 576 g/mol. The van der Waals surface area contributed by atoms with Crippen LogP contribution in [0, 0.1) is 11.7 Å². The lowest BCUT2D eigenvalue weighted by Gasteiger charge is -2.25. The van der Waals surface area contributed by atoms with Gasteiger partial charge in [0.1, 0.15) is 5.82 Å². The Morgan fingerprint density at radius 2 is 1.51 bits per heavy atom. The van der Waals surface area contributed by atoms with E-state index in [1.165, 1.54) is 40.0 Å². The van der Waals surface area contributed by atoms with Gasteiger partial charge in [-0.05, 0) is 115 Å². The molecule has 0 saturated heterocycles. The minimum atomic E-state index is -0.919. The van der Waals surface area contributed by atoms with Gasteiger partial charge < -0.3 is 10.4 Å². The Kier molecular flexibility index (Phi) is 10.0. The summed E-state index contributed by atoms with van der Waals surface area (Å²) in [6.45, 7) is 17.4. The molecule has 0 amide bonds. The third kappa shape index (κ3) is 7.50. The minimum Gasteiger partial charge on any atom is -0.478 e. The lowest BCUT2D eigenvalue weighted by atomic mass is 9.80. The van der Waals surface area contributed by atoms with E-state index in [9.17, 15) is 14.3 Å². The van der Waals surface area contributed by atoms with E-state index >= 15 is 0 Å². The van der Waals surface area contributed by atoms with Gasteiger partial charge in [0.2, 0.25) is 0 Å². The summed E-state index contributed by atoms with van der Waals surface area (Å²) in [5, 5.41) is 13.1. The first-order chi connectivity index (χ1) is 20.5. The van der Waals surface area contributed by atoms with Gasteiger partial charge in [0.05, 0.1) is 5.56 Å². The largest absolute Gasteiger partial charge is 0.478 e. The number of nitrogens with one attached hydrogen (secondary N) is 1. The molecule has 2 N–H and O–H groups in total. The van der Waals surface area contributed by atoms with Crippen LogP contribution < -0.4 is 5.32 Å². The zero-order chi connectivity index (χ0) is 31.3. The number of carboxylic acids is 1.